The van der Waals surface area contributed by atoms with Gasteiger partial charge in [-0.05, 0) is 12.0 Å². The second kappa shape index (κ2) is 4.82. The Morgan fingerprint density at radius 3 is 2.65 bits per heavy atom. The van der Waals surface area contributed by atoms with Gasteiger partial charge in [-0.1, -0.05) is 30.3 Å². The molecule has 0 spiro atoms. The van der Waals surface area contributed by atoms with Crippen LogP contribution in [-0.4, -0.2) is 11.9 Å². The van der Waals surface area contributed by atoms with E-state index in [0.717, 1.165) is 5.56 Å². The summed E-state index contributed by atoms with van der Waals surface area (Å²) in [4.78, 5) is 11.6. The molecule has 2 nitrogen and oxygen atoms in total. The Morgan fingerprint density at radius 1 is 1.35 bits per heavy atom. The maximum absolute atomic E-state index is 12.9. The van der Waals surface area contributed by atoms with Crippen LogP contribution in [0.4, 0.5) is 8.78 Å². The van der Waals surface area contributed by atoms with Crippen molar-refractivity contribution in [2.45, 2.75) is 31.8 Å². The number of rotatable bonds is 3. The van der Waals surface area contributed by atoms with Crippen LogP contribution in [0.5, 0.6) is 0 Å². The third-order valence-corrected chi connectivity index (χ3v) is 2.96. The first-order valence-electron chi connectivity index (χ1n) is 5.65. The lowest BCUT2D eigenvalue weighted by molar-refractivity contribution is -0.150. The molecule has 92 valence electrons. The van der Waals surface area contributed by atoms with Gasteiger partial charge in [-0.25, -0.2) is 8.78 Å². The van der Waals surface area contributed by atoms with Gasteiger partial charge in [-0.2, -0.15) is 0 Å². The Kier molecular flexibility index (Phi) is 3.41. The monoisotopic (exact) mass is 240 g/mol. The fourth-order valence-electron chi connectivity index (χ4n) is 2.00. The smallest absolute Gasteiger partial charge is 0.309 e. The van der Waals surface area contributed by atoms with E-state index in [1.165, 1.54) is 0 Å². The molecule has 1 fully saturated rings. The van der Waals surface area contributed by atoms with Crippen molar-refractivity contribution < 1.29 is 18.3 Å². The Labute approximate surface area is 98.6 Å². The van der Waals surface area contributed by atoms with Gasteiger partial charge >= 0.3 is 5.97 Å². The summed E-state index contributed by atoms with van der Waals surface area (Å²) in [5.74, 6) is -3.85. The van der Waals surface area contributed by atoms with Crippen molar-refractivity contribution in [1.29, 1.82) is 0 Å². The van der Waals surface area contributed by atoms with Crippen LogP contribution < -0.4 is 0 Å². The van der Waals surface area contributed by atoms with Crippen molar-refractivity contribution in [3.63, 3.8) is 0 Å². The van der Waals surface area contributed by atoms with Gasteiger partial charge in [-0.15, -0.1) is 0 Å². The number of hydrogen-bond acceptors (Lipinski definition) is 2. The molecule has 1 saturated carbocycles. The van der Waals surface area contributed by atoms with Crippen molar-refractivity contribution in [1.82, 2.24) is 0 Å². The Morgan fingerprint density at radius 2 is 2.06 bits per heavy atom. The van der Waals surface area contributed by atoms with E-state index in [9.17, 15) is 13.6 Å². The van der Waals surface area contributed by atoms with Gasteiger partial charge in [0.1, 0.15) is 6.61 Å². The summed E-state index contributed by atoms with van der Waals surface area (Å²) < 4.78 is 30.9. The van der Waals surface area contributed by atoms with Crippen molar-refractivity contribution in [3.8, 4) is 0 Å². The molecular weight excluding hydrogens is 226 g/mol. The highest BCUT2D eigenvalue weighted by molar-refractivity contribution is 5.73. The molecule has 1 aliphatic carbocycles. The van der Waals surface area contributed by atoms with E-state index in [1.807, 2.05) is 30.3 Å². The fraction of sp³-hybridized carbons (Fsp3) is 0.462. The van der Waals surface area contributed by atoms with Gasteiger partial charge in [0.05, 0.1) is 5.92 Å². The molecule has 0 N–H and O–H groups in total. The molecule has 0 bridgehead atoms. The van der Waals surface area contributed by atoms with Gasteiger partial charge in [0.2, 0.25) is 5.92 Å². The van der Waals surface area contributed by atoms with Crippen LogP contribution in [0.25, 0.3) is 0 Å². The van der Waals surface area contributed by atoms with Crippen LogP contribution in [0.15, 0.2) is 30.3 Å². The minimum atomic E-state index is -2.70. The van der Waals surface area contributed by atoms with Gasteiger partial charge < -0.3 is 4.74 Å². The maximum Gasteiger partial charge on any atom is 0.309 e. The largest absolute Gasteiger partial charge is 0.461 e. The molecule has 0 unspecified atom stereocenters. The highest BCUT2D eigenvalue weighted by atomic mass is 19.3. The Hall–Kier alpha value is -1.45. The SMILES string of the molecule is O=C(OCc1ccccc1)[C@H]1CCC(F)(F)C1. The average molecular weight is 240 g/mol. The molecule has 0 heterocycles. The highest BCUT2D eigenvalue weighted by Gasteiger charge is 2.43. The number of halogens is 2. The van der Waals surface area contributed by atoms with Crippen molar-refractivity contribution in [2.24, 2.45) is 5.92 Å². The van der Waals surface area contributed by atoms with E-state index < -0.39 is 17.8 Å². The molecule has 0 amide bonds. The standard InChI is InChI=1S/C13H14F2O2/c14-13(15)7-6-11(8-13)12(16)17-9-10-4-2-1-3-5-10/h1-5,11H,6-9H2/t11-/m0/s1. The molecule has 0 radical (unpaired) electrons. The van der Waals surface area contributed by atoms with Gasteiger partial charge in [0.25, 0.3) is 0 Å². The number of carbonyl (C=O) groups excluding carboxylic acids is 1. The molecule has 0 aliphatic heterocycles. The lowest BCUT2D eigenvalue weighted by Crippen LogP contribution is -2.17. The minimum absolute atomic E-state index is 0.155. The van der Waals surface area contributed by atoms with Crippen LogP contribution in [0, 0.1) is 5.92 Å². The molecule has 17 heavy (non-hydrogen) atoms. The number of esters is 1. The zero-order chi connectivity index (χ0) is 12.3. The molecule has 0 saturated heterocycles. The van der Waals surface area contributed by atoms with E-state index in [0.29, 0.717) is 0 Å². The van der Waals surface area contributed by atoms with E-state index in [2.05, 4.69) is 0 Å². The normalized spacial score (nSPS) is 22.4. The quantitative estimate of drug-likeness (QED) is 0.758. The van der Waals surface area contributed by atoms with Crippen LogP contribution in [0.2, 0.25) is 0 Å². The minimum Gasteiger partial charge on any atom is -0.461 e. The van der Waals surface area contributed by atoms with Crippen LogP contribution in [0.1, 0.15) is 24.8 Å². The fourth-order valence-corrected chi connectivity index (χ4v) is 2.00. The average Bonchev–Trinajstić information content (AvgIpc) is 2.68. The number of alkyl halides is 2. The first-order chi connectivity index (χ1) is 8.07. The molecular formula is C13H14F2O2. The second-order valence-corrected chi connectivity index (χ2v) is 4.39. The predicted molar refractivity (Wildman–Crippen MR) is 58.5 cm³/mol. The third kappa shape index (κ3) is 3.25. The van der Waals surface area contributed by atoms with Crippen LogP contribution in [0.3, 0.4) is 0 Å². The number of hydrogen-bond donors (Lipinski definition) is 0. The number of carbonyl (C=O) groups is 1. The summed E-state index contributed by atoms with van der Waals surface area (Å²) in [6.45, 7) is 0.155. The summed E-state index contributed by atoms with van der Waals surface area (Å²) in [5.41, 5.74) is 0.866. The van der Waals surface area contributed by atoms with E-state index in [4.69, 9.17) is 4.74 Å². The lowest BCUT2D eigenvalue weighted by atomic mass is 10.1. The summed E-state index contributed by atoms with van der Waals surface area (Å²) in [6, 6.07) is 9.20. The first-order valence-corrected chi connectivity index (χ1v) is 5.65. The molecule has 1 aromatic rings. The molecule has 0 aromatic heterocycles. The van der Waals surface area contributed by atoms with Crippen molar-refractivity contribution in [3.05, 3.63) is 35.9 Å². The Balaban J connectivity index is 1.83. The molecule has 1 aliphatic rings. The maximum atomic E-state index is 12.9. The second-order valence-electron chi connectivity index (χ2n) is 4.39. The molecule has 1 atom stereocenters. The van der Waals surface area contributed by atoms with Gasteiger partial charge in [-0.3, -0.25) is 4.79 Å². The van der Waals surface area contributed by atoms with E-state index in [-0.39, 0.29) is 25.9 Å². The molecule has 2 rings (SSSR count). The van der Waals surface area contributed by atoms with Gasteiger partial charge in [0.15, 0.2) is 0 Å². The number of benzene rings is 1. The molecule has 1 aromatic carbocycles. The Bertz CT molecular complexity index is 390. The van der Waals surface area contributed by atoms with Gasteiger partial charge in [0, 0.05) is 12.8 Å². The lowest BCUT2D eigenvalue weighted by Gasteiger charge is -2.10. The zero-order valence-corrected chi connectivity index (χ0v) is 9.36. The zero-order valence-electron chi connectivity index (χ0n) is 9.36. The van der Waals surface area contributed by atoms with Crippen molar-refractivity contribution in [2.75, 3.05) is 0 Å². The first kappa shape index (κ1) is 12.0. The highest BCUT2D eigenvalue weighted by Crippen LogP contribution is 2.39. The number of ether oxygens (including phenoxy) is 1. The summed E-state index contributed by atoms with van der Waals surface area (Å²) in [5, 5.41) is 0. The predicted octanol–water partition coefficient (Wildman–Crippen LogP) is 3.17. The van der Waals surface area contributed by atoms with E-state index >= 15 is 0 Å². The summed E-state index contributed by atoms with van der Waals surface area (Å²) in [6.07, 6.45) is -0.362. The topological polar surface area (TPSA) is 26.3 Å². The van der Waals surface area contributed by atoms with Crippen molar-refractivity contribution >= 4 is 5.97 Å². The third-order valence-electron chi connectivity index (χ3n) is 2.96. The van der Waals surface area contributed by atoms with Crippen LogP contribution >= 0.6 is 0 Å². The molecule has 4 heteroatoms. The summed E-state index contributed by atoms with van der Waals surface area (Å²) in [7, 11) is 0. The van der Waals surface area contributed by atoms with Crippen LogP contribution in [-0.2, 0) is 16.1 Å². The van der Waals surface area contributed by atoms with E-state index in [1.54, 1.807) is 0 Å². The summed E-state index contributed by atoms with van der Waals surface area (Å²) >= 11 is 0.